The summed E-state index contributed by atoms with van der Waals surface area (Å²) in [4.78, 5) is 18.2. The fourth-order valence-electron chi connectivity index (χ4n) is 1.67. The number of aromatic nitrogens is 1. The van der Waals surface area contributed by atoms with E-state index in [1.807, 2.05) is 0 Å². The lowest BCUT2D eigenvalue weighted by atomic mass is 10.2. The summed E-state index contributed by atoms with van der Waals surface area (Å²) in [6.45, 7) is 2.03. The highest BCUT2D eigenvalue weighted by atomic mass is 16.5. The predicted octanol–water partition coefficient (Wildman–Crippen LogP) is 0.858. The summed E-state index contributed by atoms with van der Waals surface area (Å²) in [5.74, 6) is -0.0773. The van der Waals surface area contributed by atoms with Crippen LogP contribution in [0.3, 0.4) is 0 Å². The number of methoxy groups -OCH3 is 2. The maximum Gasteiger partial charge on any atom is 0.257 e. The predicted molar refractivity (Wildman–Crippen MR) is 73.4 cm³/mol. The fourth-order valence-corrected chi connectivity index (χ4v) is 1.67. The lowest BCUT2D eigenvalue weighted by Crippen LogP contribution is -2.36. The van der Waals surface area contributed by atoms with Gasteiger partial charge in [0.25, 0.3) is 5.91 Å². The van der Waals surface area contributed by atoms with Gasteiger partial charge in [0, 0.05) is 52.4 Å². The van der Waals surface area contributed by atoms with Gasteiger partial charge in [0.05, 0.1) is 18.8 Å². The summed E-state index contributed by atoms with van der Waals surface area (Å²) >= 11 is 0. The molecule has 1 rings (SSSR count). The van der Waals surface area contributed by atoms with Crippen LogP contribution in [-0.4, -0.2) is 63.4 Å². The van der Waals surface area contributed by atoms with Gasteiger partial charge < -0.3 is 19.7 Å². The normalized spacial score (nSPS) is 10.3. The van der Waals surface area contributed by atoms with Crippen molar-refractivity contribution in [3.05, 3.63) is 24.0 Å². The number of carbonyl (C=O) groups is 1. The fraction of sp³-hybridized carbons (Fsp3) is 0.538. The Bertz CT molecular complexity index is 390. The summed E-state index contributed by atoms with van der Waals surface area (Å²) in [7, 11) is 5.00. The van der Waals surface area contributed by atoms with E-state index in [4.69, 9.17) is 9.47 Å². The molecule has 19 heavy (non-hydrogen) atoms. The van der Waals surface area contributed by atoms with Gasteiger partial charge in [-0.25, -0.2) is 0 Å². The van der Waals surface area contributed by atoms with Gasteiger partial charge in [0.15, 0.2) is 0 Å². The van der Waals surface area contributed by atoms with Crippen molar-refractivity contribution in [3.63, 3.8) is 0 Å². The topological polar surface area (TPSA) is 63.7 Å². The van der Waals surface area contributed by atoms with Crippen molar-refractivity contribution in [1.29, 1.82) is 0 Å². The van der Waals surface area contributed by atoms with Crippen LogP contribution in [0.15, 0.2) is 18.5 Å². The maximum atomic E-state index is 12.5. The van der Waals surface area contributed by atoms with Crippen LogP contribution in [-0.2, 0) is 9.47 Å². The molecule has 0 saturated carbocycles. The second-order valence-corrected chi connectivity index (χ2v) is 3.95. The Kier molecular flexibility index (Phi) is 6.84. The molecule has 0 saturated heterocycles. The van der Waals surface area contributed by atoms with Crippen molar-refractivity contribution in [2.75, 3.05) is 52.9 Å². The first-order valence-corrected chi connectivity index (χ1v) is 6.13. The number of amides is 1. The van der Waals surface area contributed by atoms with Gasteiger partial charge in [-0.3, -0.25) is 9.78 Å². The van der Waals surface area contributed by atoms with E-state index < -0.39 is 0 Å². The molecule has 0 aliphatic rings. The second kappa shape index (κ2) is 8.44. The third-order valence-electron chi connectivity index (χ3n) is 2.74. The number of hydrogen-bond acceptors (Lipinski definition) is 5. The van der Waals surface area contributed by atoms with Crippen LogP contribution < -0.4 is 5.32 Å². The molecule has 6 heteroatoms. The minimum atomic E-state index is -0.0773. The first kappa shape index (κ1) is 15.4. The first-order valence-electron chi connectivity index (χ1n) is 6.13. The average molecular weight is 267 g/mol. The van der Waals surface area contributed by atoms with Crippen molar-refractivity contribution in [1.82, 2.24) is 9.88 Å². The Morgan fingerprint density at radius 3 is 2.47 bits per heavy atom. The average Bonchev–Trinajstić information content (AvgIpc) is 2.46. The number of nitrogens with one attached hydrogen (secondary N) is 1. The third kappa shape index (κ3) is 4.50. The zero-order chi connectivity index (χ0) is 14.1. The summed E-state index contributed by atoms with van der Waals surface area (Å²) in [5, 5.41) is 2.99. The van der Waals surface area contributed by atoms with Crippen LogP contribution in [0.4, 0.5) is 5.69 Å². The summed E-state index contributed by atoms with van der Waals surface area (Å²) in [6.07, 6.45) is 3.22. The number of anilines is 1. The van der Waals surface area contributed by atoms with Crippen LogP contribution in [0.5, 0.6) is 0 Å². The lowest BCUT2D eigenvalue weighted by molar-refractivity contribution is 0.0628. The van der Waals surface area contributed by atoms with Crippen molar-refractivity contribution in [3.8, 4) is 0 Å². The molecule has 0 aromatic carbocycles. The van der Waals surface area contributed by atoms with E-state index >= 15 is 0 Å². The summed E-state index contributed by atoms with van der Waals surface area (Å²) in [6, 6.07) is 1.78. The molecule has 6 nitrogen and oxygen atoms in total. The molecular weight excluding hydrogens is 246 g/mol. The van der Waals surface area contributed by atoms with Gasteiger partial charge in [-0.1, -0.05) is 0 Å². The lowest BCUT2D eigenvalue weighted by Gasteiger charge is -2.23. The molecular formula is C13H21N3O3. The summed E-state index contributed by atoms with van der Waals surface area (Å²) in [5.41, 5.74) is 1.32. The van der Waals surface area contributed by atoms with E-state index in [0.29, 0.717) is 31.9 Å². The third-order valence-corrected chi connectivity index (χ3v) is 2.74. The van der Waals surface area contributed by atoms with Crippen molar-refractivity contribution < 1.29 is 14.3 Å². The number of ether oxygens (including phenoxy) is 2. The van der Waals surface area contributed by atoms with Crippen molar-refractivity contribution in [2.45, 2.75) is 0 Å². The zero-order valence-corrected chi connectivity index (χ0v) is 11.7. The number of rotatable bonds is 8. The van der Waals surface area contributed by atoms with Crippen molar-refractivity contribution in [2.24, 2.45) is 0 Å². The second-order valence-electron chi connectivity index (χ2n) is 3.95. The quantitative estimate of drug-likeness (QED) is 0.757. The van der Waals surface area contributed by atoms with Crippen LogP contribution in [0, 0.1) is 0 Å². The molecule has 1 heterocycles. The molecule has 0 radical (unpaired) electrons. The van der Waals surface area contributed by atoms with E-state index in [-0.39, 0.29) is 5.91 Å². The van der Waals surface area contributed by atoms with E-state index in [2.05, 4.69) is 10.3 Å². The van der Waals surface area contributed by atoms with Crippen LogP contribution in [0.2, 0.25) is 0 Å². The van der Waals surface area contributed by atoms with E-state index in [1.54, 1.807) is 44.6 Å². The minimum Gasteiger partial charge on any atom is -0.387 e. The van der Waals surface area contributed by atoms with Crippen LogP contribution >= 0.6 is 0 Å². The van der Waals surface area contributed by atoms with Gasteiger partial charge in [0.1, 0.15) is 0 Å². The SMILES string of the molecule is CNc1ccncc1C(=O)N(CCOC)CCOC. The maximum absolute atomic E-state index is 12.5. The Balaban J connectivity index is 2.84. The minimum absolute atomic E-state index is 0.0773. The van der Waals surface area contributed by atoms with E-state index in [9.17, 15) is 4.79 Å². The molecule has 1 aromatic heterocycles. The molecule has 0 aliphatic heterocycles. The molecule has 0 atom stereocenters. The molecule has 1 aromatic rings. The van der Waals surface area contributed by atoms with Gasteiger partial charge in [-0.05, 0) is 6.07 Å². The number of pyridine rings is 1. The first-order chi connectivity index (χ1) is 9.24. The molecule has 1 N–H and O–H groups in total. The number of hydrogen-bond donors (Lipinski definition) is 1. The van der Waals surface area contributed by atoms with E-state index in [1.165, 1.54) is 0 Å². The summed E-state index contributed by atoms with van der Waals surface area (Å²) < 4.78 is 10.1. The zero-order valence-electron chi connectivity index (χ0n) is 11.7. The van der Waals surface area contributed by atoms with Crippen LogP contribution in [0.25, 0.3) is 0 Å². The standard InChI is InChI=1S/C13H21N3O3/c1-14-12-4-5-15-10-11(12)13(17)16(6-8-18-2)7-9-19-3/h4-5,10H,6-9H2,1-3H3,(H,14,15). The van der Waals surface area contributed by atoms with Gasteiger partial charge >= 0.3 is 0 Å². The largest absolute Gasteiger partial charge is 0.387 e. The highest BCUT2D eigenvalue weighted by Gasteiger charge is 2.18. The number of nitrogens with zero attached hydrogens (tertiary/aromatic N) is 2. The van der Waals surface area contributed by atoms with Gasteiger partial charge in [-0.15, -0.1) is 0 Å². The Morgan fingerprint density at radius 1 is 1.32 bits per heavy atom. The number of carbonyl (C=O) groups excluding carboxylic acids is 1. The van der Waals surface area contributed by atoms with Crippen LogP contribution in [0.1, 0.15) is 10.4 Å². The molecule has 106 valence electrons. The molecule has 0 aliphatic carbocycles. The highest BCUT2D eigenvalue weighted by molar-refractivity contribution is 5.99. The molecule has 0 unspecified atom stereocenters. The van der Waals surface area contributed by atoms with Crippen molar-refractivity contribution >= 4 is 11.6 Å². The monoisotopic (exact) mass is 267 g/mol. The Labute approximate surface area is 113 Å². The molecule has 1 amide bonds. The van der Waals surface area contributed by atoms with E-state index in [0.717, 1.165) is 5.69 Å². The Morgan fingerprint density at radius 2 is 1.95 bits per heavy atom. The molecule has 0 spiro atoms. The smallest absolute Gasteiger partial charge is 0.257 e. The highest BCUT2D eigenvalue weighted by Crippen LogP contribution is 2.15. The van der Waals surface area contributed by atoms with Gasteiger partial charge in [-0.2, -0.15) is 0 Å². The molecule has 0 bridgehead atoms. The molecule has 0 fully saturated rings. The van der Waals surface area contributed by atoms with Gasteiger partial charge in [0.2, 0.25) is 0 Å². The Hall–Kier alpha value is -1.66.